The number of rotatable bonds is 6. The molecule has 1 amide bonds. The number of carbonyl (C=O) groups excluding carboxylic acids is 2. The first-order chi connectivity index (χ1) is 9.85. The number of methoxy groups -OCH3 is 1. The van der Waals surface area contributed by atoms with Crippen molar-refractivity contribution in [3.63, 3.8) is 0 Å². The smallest absolute Gasteiger partial charge is 0.338 e. The zero-order chi connectivity index (χ0) is 16.0. The number of amides is 1. The molecular formula is C15H22N2O4. The zero-order valence-corrected chi connectivity index (χ0v) is 12.9. The van der Waals surface area contributed by atoms with E-state index in [1.54, 1.807) is 27.0 Å². The van der Waals surface area contributed by atoms with E-state index in [4.69, 9.17) is 15.2 Å². The summed E-state index contributed by atoms with van der Waals surface area (Å²) >= 11 is 0. The summed E-state index contributed by atoms with van der Waals surface area (Å²) < 4.78 is 9.90. The molecule has 3 N–H and O–H groups in total. The molecule has 0 radical (unpaired) electrons. The molecule has 6 nitrogen and oxygen atoms in total. The molecule has 0 aliphatic rings. The average Bonchev–Trinajstić information content (AvgIpc) is 2.40. The summed E-state index contributed by atoms with van der Waals surface area (Å²) in [6.07, 6.45) is 0. The van der Waals surface area contributed by atoms with E-state index in [0.717, 1.165) is 11.1 Å². The number of nitrogen functional groups attached to an aromatic ring is 1. The number of esters is 1. The zero-order valence-electron chi connectivity index (χ0n) is 12.9. The summed E-state index contributed by atoms with van der Waals surface area (Å²) in [6.45, 7) is 5.52. The molecule has 0 fully saturated rings. The predicted molar refractivity (Wildman–Crippen MR) is 80.1 cm³/mol. The van der Waals surface area contributed by atoms with E-state index in [-0.39, 0.29) is 18.6 Å². The number of aryl methyl sites for hydroxylation is 2. The molecular weight excluding hydrogens is 272 g/mol. The Bertz CT molecular complexity index is 529. The van der Waals surface area contributed by atoms with Crippen molar-refractivity contribution in [1.82, 2.24) is 5.32 Å². The minimum Gasteiger partial charge on any atom is -0.452 e. The molecule has 1 atom stereocenters. The first kappa shape index (κ1) is 17.0. The molecule has 1 aromatic carbocycles. The van der Waals surface area contributed by atoms with Gasteiger partial charge in [0.25, 0.3) is 5.91 Å². The molecule has 1 unspecified atom stereocenters. The van der Waals surface area contributed by atoms with Crippen molar-refractivity contribution in [3.05, 3.63) is 28.8 Å². The summed E-state index contributed by atoms with van der Waals surface area (Å²) in [5, 5.41) is 2.66. The van der Waals surface area contributed by atoms with Crippen molar-refractivity contribution in [2.24, 2.45) is 0 Å². The van der Waals surface area contributed by atoms with E-state index in [2.05, 4.69) is 5.32 Å². The van der Waals surface area contributed by atoms with Crippen molar-refractivity contribution in [1.29, 1.82) is 0 Å². The van der Waals surface area contributed by atoms with Crippen LogP contribution in [0.2, 0.25) is 0 Å². The number of nitrogens with two attached hydrogens (primary N) is 1. The van der Waals surface area contributed by atoms with Crippen molar-refractivity contribution in [2.75, 3.05) is 26.1 Å². The van der Waals surface area contributed by atoms with E-state index in [1.807, 2.05) is 13.0 Å². The maximum Gasteiger partial charge on any atom is 0.338 e. The Labute approximate surface area is 124 Å². The van der Waals surface area contributed by atoms with Crippen LogP contribution in [0.3, 0.4) is 0 Å². The van der Waals surface area contributed by atoms with Crippen LogP contribution < -0.4 is 11.1 Å². The van der Waals surface area contributed by atoms with Crippen LogP contribution in [0.1, 0.15) is 28.4 Å². The Morgan fingerprint density at radius 3 is 2.57 bits per heavy atom. The molecule has 0 aromatic heterocycles. The highest BCUT2D eigenvalue weighted by molar-refractivity contribution is 5.93. The molecule has 0 aliphatic heterocycles. The topological polar surface area (TPSA) is 90.6 Å². The third-order valence-electron chi connectivity index (χ3n) is 2.99. The fraction of sp³-hybridized carbons (Fsp3) is 0.467. The third-order valence-corrected chi connectivity index (χ3v) is 2.99. The third kappa shape index (κ3) is 5.07. The number of ether oxygens (including phenoxy) is 2. The lowest BCUT2D eigenvalue weighted by Crippen LogP contribution is -2.38. The summed E-state index contributed by atoms with van der Waals surface area (Å²) in [6, 6.07) is 3.24. The number of hydrogen-bond acceptors (Lipinski definition) is 5. The SMILES string of the molecule is COCC(C)NC(=O)COC(=O)c1cc(N)c(C)cc1C. The molecule has 116 valence electrons. The van der Waals surface area contributed by atoms with Gasteiger partial charge >= 0.3 is 5.97 Å². The second-order valence-corrected chi connectivity index (χ2v) is 5.02. The van der Waals surface area contributed by atoms with Gasteiger partial charge in [-0.15, -0.1) is 0 Å². The standard InChI is InChI=1S/C15H22N2O4/c1-9-5-10(2)13(16)6-12(9)15(19)21-8-14(18)17-11(3)7-20-4/h5-6,11H,7-8,16H2,1-4H3,(H,17,18). The second-order valence-electron chi connectivity index (χ2n) is 5.02. The molecule has 0 saturated carbocycles. The summed E-state index contributed by atoms with van der Waals surface area (Å²) in [5.41, 5.74) is 8.33. The Morgan fingerprint density at radius 1 is 1.29 bits per heavy atom. The van der Waals surface area contributed by atoms with Gasteiger partial charge < -0.3 is 20.5 Å². The Morgan fingerprint density at radius 2 is 1.95 bits per heavy atom. The first-order valence-corrected chi connectivity index (χ1v) is 6.67. The van der Waals surface area contributed by atoms with Crippen molar-refractivity contribution >= 4 is 17.6 Å². The van der Waals surface area contributed by atoms with Gasteiger partial charge in [0.15, 0.2) is 6.61 Å². The van der Waals surface area contributed by atoms with Gasteiger partial charge in [-0.25, -0.2) is 4.79 Å². The normalized spacial score (nSPS) is 11.8. The van der Waals surface area contributed by atoms with E-state index in [1.165, 1.54) is 0 Å². The molecule has 21 heavy (non-hydrogen) atoms. The van der Waals surface area contributed by atoms with E-state index >= 15 is 0 Å². The number of hydrogen-bond donors (Lipinski definition) is 2. The Balaban J connectivity index is 2.58. The highest BCUT2D eigenvalue weighted by Gasteiger charge is 2.15. The highest BCUT2D eigenvalue weighted by atomic mass is 16.5. The molecule has 1 aromatic rings. The summed E-state index contributed by atoms with van der Waals surface area (Å²) in [4.78, 5) is 23.6. The first-order valence-electron chi connectivity index (χ1n) is 6.67. The lowest BCUT2D eigenvalue weighted by molar-refractivity contribution is -0.125. The highest BCUT2D eigenvalue weighted by Crippen LogP contribution is 2.18. The summed E-state index contributed by atoms with van der Waals surface area (Å²) in [7, 11) is 1.55. The van der Waals surface area contributed by atoms with Gasteiger partial charge in [0.2, 0.25) is 0 Å². The van der Waals surface area contributed by atoms with Crippen molar-refractivity contribution in [2.45, 2.75) is 26.8 Å². The molecule has 0 bridgehead atoms. The molecule has 0 spiro atoms. The molecule has 6 heteroatoms. The van der Waals surface area contributed by atoms with Gasteiger partial charge in [-0.05, 0) is 38.0 Å². The second kappa shape index (κ2) is 7.64. The maximum absolute atomic E-state index is 12.0. The van der Waals surface area contributed by atoms with Crippen LogP contribution in [-0.4, -0.2) is 38.2 Å². The van der Waals surface area contributed by atoms with E-state index in [9.17, 15) is 9.59 Å². The van der Waals surface area contributed by atoms with Crippen LogP contribution in [0.25, 0.3) is 0 Å². The van der Waals surface area contributed by atoms with Crippen LogP contribution in [0.4, 0.5) is 5.69 Å². The van der Waals surface area contributed by atoms with Gasteiger partial charge in [0, 0.05) is 18.8 Å². The van der Waals surface area contributed by atoms with Crippen LogP contribution >= 0.6 is 0 Å². The molecule has 0 saturated heterocycles. The van der Waals surface area contributed by atoms with Crippen molar-refractivity contribution in [3.8, 4) is 0 Å². The minimum atomic E-state index is -0.561. The Kier molecular flexibility index (Phi) is 6.17. The number of carbonyl (C=O) groups is 2. The van der Waals surface area contributed by atoms with Crippen LogP contribution in [0, 0.1) is 13.8 Å². The molecule has 0 aliphatic carbocycles. The number of anilines is 1. The number of benzene rings is 1. The lowest BCUT2D eigenvalue weighted by atomic mass is 10.0. The van der Waals surface area contributed by atoms with Crippen LogP contribution in [0.5, 0.6) is 0 Å². The van der Waals surface area contributed by atoms with E-state index in [0.29, 0.717) is 17.9 Å². The molecule has 1 rings (SSSR count). The quantitative estimate of drug-likeness (QED) is 0.607. The largest absolute Gasteiger partial charge is 0.452 e. The van der Waals surface area contributed by atoms with Gasteiger partial charge in [-0.1, -0.05) is 6.07 Å². The number of nitrogens with one attached hydrogen (secondary N) is 1. The fourth-order valence-corrected chi connectivity index (χ4v) is 1.91. The van der Waals surface area contributed by atoms with Crippen molar-refractivity contribution < 1.29 is 19.1 Å². The van der Waals surface area contributed by atoms with E-state index < -0.39 is 5.97 Å². The van der Waals surface area contributed by atoms with Gasteiger partial charge in [0.1, 0.15) is 0 Å². The predicted octanol–water partition coefficient (Wildman–Crippen LogP) is 1.19. The maximum atomic E-state index is 12.0. The monoisotopic (exact) mass is 294 g/mol. The minimum absolute atomic E-state index is 0.141. The average molecular weight is 294 g/mol. The van der Waals surface area contributed by atoms with Crippen LogP contribution in [0.15, 0.2) is 12.1 Å². The van der Waals surface area contributed by atoms with Gasteiger partial charge in [-0.3, -0.25) is 4.79 Å². The fourth-order valence-electron chi connectivity index (χ4n) is 1.91. The Hall–Kier alpha value is -2.08. The van der Waals surface area contributed by atoms with Gasteiger partial charge in [-0.2, -0.15) is 0 Å². The summed E-state index contributed by atoms with van der Waals surface area (Å²) in [5.74, 6) is -0.931. The lowest BCUT2D eigenvalue weighted by Gasteiger charge is -2.13. The molecule has 0 heterocycles. The van der Waals surface area contributed by atoms with Gasteiger partial charge in [0.05, 0.1) is 12.2 Å². The van der Waals surface area contributed by atoms with Crippen LogP contribution in [-0.2, 0) is 14.3 Å².